The Bertz CT molecular complexity index is 378. The third-order valence-electron chi connectivity index (χ3n) is 2.88. The molecule has 0 amide bonds. The van der Waals surface area contributed by atoms with Crippen molar-refractivity contribution < 1.29 is 4.74 Å². The third kappa shape index (κ3) is 2.45. The van der Waals surface area contributed by atoms with Crippen molar-refractivity contribution in [3.05, 3.63) is 15.1 Å². The van der Waals surface area contributed by atoms with E-state index in [-0.39, 0.29) is 0 Å². The third-order valence-corrected chi connectivity index (χ3v) is 4.05. The summed E-state index contributed by atoms with van der Waals surface area (Å²) in [6.45, 7) is 6.09. The van der Waals surface area contributed by atoms with E-state index in [0.29, 0.717) is 11.6 Å². The highest BCUT2D eigenvalue weighted by atomic mass is 127. The Hall–Kier alpha value is -0.430. The number of ether oxygens (including phenoxy) is 1. The fourth-order valence-corrected chi connectivity index (χ4v) is 2.00. The zero-order chi connectivity index (χ0) is 12.3. The SMILES string of the molecule is CCc1nc(C(C)(CC)OC)nc(N)c1I. The van der Waals surface area contributed by atoms with E-state index < -0.39 is 5.60 Å². The van der Waals surface area contributed by atoms with Crippen LogP contribution in [-0.2, 0) is 16.8 Å². The predicted molar refractivity (Wildman–Crippen MR) is 73.2 cm³/mol. The molecule has 0 aromatic carbocycles. The standard InChI is InChI=1S/C11H18IN3O/c1-5-7-8(12)9(13)15-10(14-7)11(3,6-2)16-4/h5-6H2,1-4H3,(H2,13,14,15). The highest BCUT2D eigenvalue weighted by molar-refractivity contribution is 14.1. The predicted octanol–water partition coefficient (Wildman–Crippen LogP) is 2.50. The van der Waals surface area contributed by atoms with Gasteiger partial charge in [0.2, 0.25) is 0 Å². The highest BCUT2D eigenvalue weighted by Gasteiger charge is 2.28. The molecule has 0 spiro atoms. The van der Waals surface area contributed by atoms with Crippen LogP contribution in [0.5, 0.6) is 0 Å². The average molecular weight is 335 g/mol. The number of methoxy groups -OCH3 is 1. The largest absolute Gasteiger partial charge is 0.383 e. The zero-order valence-corrected chi connectivity index (χ0v) is 12.3. The molecule has 2 N–H and O–H groups in total. The minimum Gasteiger partial charge on any atom is -0.383 e. The Morgan fingerprint density at radius 2 is 2.00 bits per heavy atom. The van der Waals surface area contributed by atoms with E-state index >= 15 is 0 Å². The maximum atomic E-state index is 5.89. The molecule has 16 heavy (non-hydrogen) atoms. The smallest absolute Gasteiger partial charge is 0.162 e. The van der Waals surface area contributed by atoms with Crippen LogP contribution in [0.25, 0.3) is 0 Å². The van der Waals surface area contributed by atoms with Gasteiger partial charge in [-0.1, -0.05) is 13.8 Å². The minimum atomic E-state index is -0.456. The van der Waals surface area contributed by atoms with Crippen LogP contribution in [0, 0.1) is 3.57 Å². The Morgan fingerprint density at radius 1 is 1.38 bits per heavy atom. The fourth-order valence-electron chi connectivity index (χ4n) is 1.38. The van der Waals surface area contributed by atoms with Gasteiger partial charge in [0, 0.05) is 7.11 Å². The van der Waals surface area contributed by atoms with Gasteiger partial charge in [-0.15, -0.1) is 0 Å². The summed E-state index contributed by atoms with van der Waals surface area (Å²) in [6, 6.07) is 0. The number of halogens is 1. The molecule has 1 aromatic rings. The summed E-state index contributed by atoms with van der Waals surface area (Å²) >= 11 is 2.18. The van der Waals surface area contributed by atoms with Crippen molar-refractivity contribution in [2.45, 2.75) is 39.2 Å². The van der Waals surface area contributed by atoms with Crippen molar-refractivity contribution >= 4 is 28.4 Å². The molecule has 1 rings (SSSR count). The van der Waals surface area contributed by atoms with Crippen LogP contribution in [0.3, 0.4) is 0 Å². The molecule has 0 bridgehead atoms. The van der Waals surface area contributed by atoms with Crippen LogP contribution >= 0.6 is 22.6 Å². The van der Waals surface area contributed by atoms with Gasteiger partial charge in [-0.3, -0.25) is 0 Å². The van der Waals surface area contributed by atoms with Crippen molar-refractivity contribution in [3.63, 3.8) is 0 Å². The molecule has 0 aliphatic rings. The molecule has 4 nitrogen and oxygen atoms in total. The lowest BCUT2D eigenvalue weighted by Gasteiger charge is -2.25. The van der Waals surface area contributed by atoms with Gasteiger partial charge in [0.1, 0.15) is 11.4 Å². The van der Waals surface area contributed by atoms with Crippen LogP contribution < -0.4 is 5.73 Å². The molecule has 0 aliphatic carbocycles. The molecular weight excluding hydrogens is 317 g/mol. The zero-order valence-electron chi connectivity index (χ0n) is 10.2. The van der Waals surface area contributed by atoms with Crippen LogP contribution in [0.4, 0.5) is 5.82 Å². The number of nitrogen functional groups attached to an aromatic ring is 1. The molecule has 1 atom stereocenters. The molecule has 1 heterocycles. The fraction of sp³-hybridized carbons (Fsp3) is 0.636. The van der Waals surface area contributed by atoms with Gasteiger partial charge in [0.25, 0.3) is 0 Å². The normalized spacial score (nSPS) is 14.8. The average Bonchev–Trinajstić information content (AvgIpc) is 2.31. The number of aromatic nitrogens is 2. The molecule has 90 valence electrons. The van der Waals surface area contributed by atoms with Gasteiger partial charge in [-0.2, -0.15) is 0 Å². The molecular formula is C11H18IN3O. The van der Waals surface area contributed by atoms with E-state index in [9.17, 15) is 0 Å². The lowest BCUT2D eigenvalue weighted by atomic mass is 10.0. The van der Waals surface area contributed by atoms with Crippen molar-refractivity contribution in [2.24, 2.45) is 0 Å². The molecule has 0 saturated heterocycles. The van der Waals surface area contributed by atoms with Crippen LogP contribution in [-0.4, -0.2) is 17.1 Å². The maximum absolute atomic E-state index is 5.89. The Balaban J connectivity index is 3.30. The number of nitrogens with zero attached hydrogens (tertiary/aromatic N) is 2. The summed E-state index contributed by atoms with van der Waals surface area (Å²) in [5.74, 6) is 1.21. The van der Waals surface area contributed by atoms with Gasteiger partial charge < -0.3 is 10.5 Å². The summed E-state index contributed by atoms with van der Waals surface area (Å²) in [7, 11) is 1.67. The molecule has 1 unspecified atom stereocenters. The quantitative estimate of drug-likeness (QED) is 0.859. The number of anilines is 1. The van der Waals surface area contributed by atoms with Gasteiger partial charge in [0.05, 0.1) is 9.26 Å². The monoisotopic (exact) mass is 335 g/mol. The number of hydrogen-bond acceptors (Lipinski definition) is 4. The first-order chi connectivity index (χ1) is 7.48. The number of hydrogen-bond donors (Lipinski definition) is 1. The van der Waals surface area contributed by atoms with E-state index in [1.165, 1.54) is 0 Å². The molecule has 1 aromatic heterocycles. The Morgan fingerprint density at radius 3 is 2.44 bits per heavy atom. The number of nitrogens with two attached hydrogens (primary N) is 1. The first-order valence-corrected chi connectivity index (χ1v) is 6.43. The van der Waals surface area contributed by atoms with E-state index in [1.54, 1.807) is 7.11 Å². The minimum absolute atomic E-state index is 0.456. The topological polar surface area (TPSA) is 61.0 Å². The first-order valence-electron chi connectivity index (χ1n) is 5.36. The van der Waals surface area contributed by atoms with Gasteiger partial charge in [0.15, 0.2) is 5.82 Å². The lowest BCUT2D eigenvalue weighted by molar-refractivity contribution is -0.00905. The van der Waals surface area contributed by atoms with Crippen molar-refractivity contribution in [3.8, 4) is 0 Å². The van der Waals surface area contributed by atoms with Crippen molar-refractivity contribution in [1.82, 2.24) is 9.97 Å². The Labute approximate surface area is 110 Å². The van der Waals surface area contributed by atoms with Crippen LogP contribution in [0.2, 0.25) is 0 Å². The summed E-state index contributed by atoms with van der Waals surface area (Å²) in [5.41, 5.74) is 6.42. The molecule has 0 saturated carbocycles. The molecule has 0 radical (unpaired) electrons. The second kappa shape index (κ2) is 5.27. The van der Waals surface area contributed by atoms with Gasteiger partial charge in [-0.05, 0) is 42.4 Å². The van der Waals surface area contributed by atoms with Gasteiger partial charge >= 0.3 is 0 Å². The Kier molecular flexibility index (Phi) is 4.49. The summed E-state index contributed by atoms with van der Waals surface area (Å²) in [5, 5.41) is 0. The second-order valence-electron chi connectivity index (χ2n) is 3.84. The maximum Gasteiger partial charge on any atom is 0.162 e. The summed E-state index contributed by atoms with van der Waals surface area (Å²) in [6.07, 6.45) is 1.66. The van der Waals surface area contributed by atoms with Crippen LogP contribution in [0.1, 0.15) is 38.7 Å². The summed E-state index contributed by atoms with van der Waals surface area (Å²) in [4.78, 5) is 8.87. The molecule has 5 heteroatoms. The van der Waals surface area contributed by atoms with Crippen molar-refractivity contribution in [2.75, 3.05) is 12.8 Å². The second-order valence-corrected chi connectivity index (χ2v) is 4.91. The number of aryl methyl sites for hydroxylation is 1. The van der Waals surface area contributed by atoms with E-state index in [0.717, 1.165) is 22.1 Å². The molecule has 0 aliphatic heterocycles. The lowest BCUT2D eigenvalue weighted by Crippen LogP contribution is -2.27. The van der Waals surface area contributed by atoms with Crippen molar-refractivity contribution in [1.29, 1.82) is 0 Å². The first kappa shape index (κ1) is 13.6. The van der Waals surface area contributed by atoms with E-state index in [4.69, 9.17) is 10.5 Å². The van der Waals surface area contributed by atoms with E-state index in [2.05, 4.69) is 39.5 Å². The molecule has 0 fully saturated rings. The van der Waals surface area contributed by atoms with Gasteiger partial charge in [-0.25, -0.2) is 9.97 Å². The van der Waals surface area contributed by atoms with E-state index in [1.807, 2.05) is 13.8 Å². The number of rotatable bonds is 4. The van der Waals surface area contributed by atoms with Crippen LogP contribution in [0.15, 0.2) is 0 Å². The highest BCUT2D eigenvalue weighted by Crippen LogP contribution is 2.28. The summed E-state index contributed by atoms with van der Waals surface area (Å²) < 4.78 is 6.43.